The third-order valence-electron chi connectivity index (χ3n) is 1.55. The van der Waals surface area contributed by atoms with Crippen molar-refractivity contribution in [1.29, 1.82) is 5.41 Å². The summed E-state index contributed by atoms with van der Waals surface area (Å²) in [7, 11) is 0. The Morgan fingerprint density at radius 2 is 2.00 bits per heavy atom. The summed E-state index contributed by atoms with van der Waals surface area (Å²) in [6.07, 6.45) is 0. The first-order valence-corrected chi connectivity index (χ1v) is 3.84. The Morgan fingerprint density at radius 1 is 1.38 bits per heavy atom. The van der Waals surface area contributed by atoms with Gasteiger partial charge in [-0.1, -0.05) is 17.7 Å². The topological polar surface area (TPSA) is 93.0 Å². The minimum Gasteiger partial charge on any atom is -0.384 e. The van der Waals surface area contributed by atoms with E-state index in [9.17, 15) is 4.79 Å². The fourth-order valence-electron chi connectivity index (χ4n) is 0.882. The number of benzene rings is 1. The maximum absolute atomic E-state index is 10.8. The predicted octanol–water partition coefficient (Wildman–Crippen LogP) is 0.723. The molecule has 0 aliphatic heterocycles. The second-order valence-corrected chi connectivity index (χ2v) is 2.88. The molecule has 0 radical (unpaired) electrons. The van der Waals surface area contributed by atoms with Crippen molar-refractivity contribution in [3.05, 3.63) is 34.3 Å². The van der Waals surface area contributed by atoms with E-state index in [1.165, 1.54) is 18.2 Å². The molecule has 1 rings (SSSR count). The van der Waals surface area contributed by atoms with Crippen molar-refractivity contribution in [2.45, 2.75) is 0 Å². The average Bonchev–Trinajstić information content (AvgIpc) is 2.03. The summed E-state index contributed by atoms with van der Waals surface area (Å²) in [5, 5.41) is 7.32. The molecule has 0 unspecified atom stereocenters. The van der Waals surface area contributed by atoms with Gasteiger partial charge in [0.15, 0.2) is 0 Å². The zero-order valence-electron chi connectivity index (χ0n) is 6.67. The smallest absolute Gasteiger partial charge is 0.250 e. The van der Waals surface area contributed by atoms with Crippen molar-refractivity contribution in [1.82, 2.24) is 0 Å². The van der Waals surface area contributed by atoms with Crippen LogP contribution in [0.5, 0.6) is 0 Å². The van der Waals surface area contributed by atoms with E-state index in [1.54, 1.807) is 0 Å². The highest BCUT2D eigenvalue weighted by Crippen LogP contribution is 2.16. The molecule has 1 aromatic rings. The molecule has 0 saturated carbocycles. The molecular formula is C8H8ClN3O. The lowest BCUT2D eigenvalue weighted by Gasteiger charge is -2.02. The lowest BCUT2D eigenvalue weighted by atomic mass is 10.1. The SMILES string of the molecule is N=C(N)c1ccc(C(N)=O)c(Cl)c1. The van der Waals surface area contributed by atoms with Crippen molar-refractivity contribution in [3.63, 3.8) is 0 Å². The molecule has 0 heterocycles. The highest BCUT2D eigenvalue weighted by molar-refractivity contribution is 6.34. The third kappa shape index (κ3) is 1.97. The Kier molecular flexibility index (Phi) is 2.53. The van der Waals surface area contributed by atoms with Gasteiger partial charge in [-0.15, -0.1) is 0 Å². The van der Waals surface area contributed by atoms with Crippen LogP contribution < -0.4 is 11.5 Å². The summed E-state index contributed by atoms with van der Waals surface area (Å²) in [4.78, 5) is 10.8. The third-order valence-corrected chi connectivity index (χ3v) is 1.86. The van der Waals surface area contributed by atoms with Crippen molar-refractivity contribution in [3.8, 4) is 0 Å². The number of hydrogen-bond acceptors (Lipinski definition) is 2. The molecule has 5 N–H and O–H groups in total. The number of rotatable bonds is 2. The second-order valence-electron chi connectivity index (χ2n) is 2.47. The van der Waals surface area contributed by atoms with Gasteiger partial charge in [-0.25, -0.2) is 0 Å². The Hall–Kier alpha value is -1.55. The number of carbonyl (C=O) groups is 1. The number of carbonyl (C=O) groups excluding carboxylic acids is 1. The van der Waals surface area contributed by atoms with Gasteiger partial charge in [-0.3, -0.25) is 10.2 Å². The number of halogens is 1. The molecule has 0 bridgehead atoms. The predicted molar refractivity (Wildman–Crippen MR) is 51.0 cm³/mol. The van der Waals surface area contributed by atoms with E-state index >= 15 is 0 Å². The molecule has 0 saturated heterocycles. The summed E-state index contributed by atoms with van der Waals surface area (Å²) in [5.74, 6) is -0.696. The molecule has 1 aromatic carbocycles. The van der Waals surface area contributed by atoms with Gasteiger partial charge in [0.2, 0.25) is 5.91 Å². The number of amidine groups is 1. The molecule has 0 atom stereocenters. The van der Waals surface area contributed by atoms with Gasteiger partial charge < -0.3 is 11.5 Å². The highest BCUT2D eigenvalue weighted by Gasteiger charge is 2.07. The first-order valence-electron chi connectivity index (χ1n) is 3.46. The van der Waals surface area contributed by atoms with Gasteiger partial charge in [0, 0.05) is 5.56 Å². The minimum atomic E-state index is -0.597. The number of nitrogen functional groups attached to an aromatic ring is 1. The van der Waals surface area contributed by atoms with Gasteiger partial charge in [-0.2, -0.15) is 0 Å². The van der Waals surface area contributed by atoms with Crippen molar-refractivity contribution >= 4 is 23.3 Å². The van der Waals surface area contributed by atoms with Gasteiger partial charge in [-0.05, 0) is 12.1 Å². The molecule has 0 fully saturated rings. The summed E-state index contributed by atoms with van der Waals surface area (Å²) in [5.41, 5.74) is 10.9. The Morgan fingerprint density at radius 3 is 2.38 bits per heavy atom. The van der Waals surface area contributed by atoms with Crippen LogP contribution in [0.1, 0.15) is 15.9 Å². The van der Waals surface area contributed by atoms with E-state index in [4.69, 9.17) is 28.5 Å². The van der Waals surface area contributed by atoms with E-state index in [-0.39, 0.29) is 16.4 Å². The summed E-state index contributed by atoms with van der Waals surface area (Å²) < 4.78 is 0. The average molecular weight is 198 g/mol. The van der Waals surface area contributed by atoms with Crippen LogP contribution in [0.15, 0.2) is 18.2 Å². The van der Waals surface area contributed by atoms with Gasteiger partial charge in [0.05, 0.1) is 10.6 Å². The minimum absolute atomic E-state index is 0.0991. The maximum Gasteiger partial charge on any atom is 0.250 e. The van der Waals surface area contributed by atoms with Crippen molar-refractivity contribution < 1.29 is 4.79 Å². The van der Waals surface area contributed by atoms with E-state index in [0.29, 0.717) is 5.56 Å². The maximum atomic E-state index is 10.8. The van der Waals surface area contributed by atoms with Gasteiger partial charge >= 0.3 is 0 Å². The standard InChI is InChI=1S/C8H8ClN3O/c9-6-3-4(7(10)11)1-2-5(6)8(12)13/h1-3H,(H3,10,11)(H2,12,13). The lowest BCUT2D eigenvalue weighted by molar-refractivity contribution is 0.100. The van der Waals surface area contributed by atoms with Crippen LogP contribution in [0, 0.1) is 5.41 Å². The molecule has 1 amide bonds. The molecule has 0 aliphatic rings. The van der Waals surface area contributed by atoms with Crippen molar-refractivity contribution in [2.75, 3.05) is 0 Å². The normalized spacial score (nSPS) is 9.62. The number of nitrogens with one attached hydrogen (secondary N) is 1. The largest absolute Gasteiger partial charge is 0.384 e. The molecule has 0 aliphatic carbocycles. The molecule has 68 valence electrons. The first kappa shape index (κ1) is 9.54. The van der Waals surface area contributed by atoms with Gasteiger partial charge in [0.25, 0.3) is 0 Å². The van der Waals surface area contributed by atoms with E-state index in [2.05, 4.69) is 0 Å². The zero-order valence-corrected chi connectivity index (χ0v) is 7.43. The van der Waals surface area contributed by atoms with E-state index < -0.39 is 5.91 Å². The molecule has 4 nitrogen and oxygen atoms in total. The molecule has 13 heavy (non-hydrogen) atoms. The quantitative estimate of drug-likeness (QED) is 0.482. The number of primary amides is 1. The number of amides is 1. The summed E-state index contributed by atoms with van der Waals surface area (Å²) in [6.45, 7) is 0. The molecule has 0 aromatic heterocycles. The Labute approximate surface area is 80.0 Å². The lowest BCUT2D eigenvalue weighted by Crippen LogP contribution is -2.14. The van der Waals surface area contributed by atoms with Crippen LogP contribution in [0.3, 0.4) is 0 Å². The number of hydrogen-bond donors (Lipinski definition) is 3. The first-order chi connectivity index (χ1) is 6.02. The Balaban J connectivity index is 3.20. The monoisotopic (exact) mass is 197 g/mol. The zero-order chi connectivity index (χ0) is 10.0. The molecule has 5 heteroatoms. The Bertz CT molecular complexity index is 376. The molecule has 0 spiro atoms. The van der Waals surface area contributed by atoms with E-state index in [1.807, 2.05) is 0 Å². The van der Waals surface area contributed by atoms with Crippen LogP contribution >= 0.6 is 11.6 Å². The summed E-state index contributed by atoms with van der Waals surface area (Å²) >= 11 is 5.72. The van der Waals surface area contributed by atoms with Crippen LogP contribution in [-0.2, 0) is 0 Å². The van der Waals surface area contributed by atoms with Crippen LogP contribution in [-0.4, -0.2) is 11.7 Å². The second kappa shape index (κ2) is 3.45. The van der Waals surface area contributed by atoms with Crippen LogP contribution in [0.25, 0.3) is 0 Å². The highest BCUT2D eigenvalue weighted by atomic mass is 35.5. The fraction of sp³-hybridized carbons (Fsp3) is 0. The fourth-order valence-corrected chi connectivity index (χ4v) is 1.16. The van der Waals surface area contributed by atoms with Gasteiger partial charge in [0.1, 0.15) is 5.84 Å². The van der Waals surface area contributed by atoms with Crippen LogP contribution in [0.4, 0.5) is 0 Å². The molecular weight excluding hydrogens is 190 g/mol. The summed E-state index contributed by atoms with van der Waals surface area (Å²) in [6, 6.07) is 4.40. The van der Waals surface area contributed by atoms with Crippen molar-refractivity contribution in [2.24, 2.45) is 11.5 Å². The van der Waals surface area contributed by atoms with E-state index in [0.717, 1.165) is 0 Å². The number of nitrogens with two attached hydrogens (primary N) is 2. The van der Waals surface area contributed by atoms with Crippen LogP contribution in [0.2, 0.25) is 5.02 Å².